The SMILES string of the molecule is CC(CN)N(C)C(=O)CCc1ccc(C(C)(C)C)cc1. The van der Waals surface area contributed by atoms with E-state index in [0.717, 1.165) is 6.42 Å². The minimum atomic E-state index is 0.103. The molecule has 1 aromatic rings. The van der Waals surface area contributed by atoms with Crippen molar-refractivity contribution in [1.82, 2.24) is 4.90 Å². The van der Waals surface area contributed by atoms with E-state index in [0.29, 0.717) is 13.0 Å². The quantitative estimate of drug-likeness (QED) is 0.899. The van der Waals surface area contributed by atoms with Crippen LogP contribution in [-0.4, -0.2) is 30.4 Å². The molecule has 1 unspecified atom stereocenters. The largest absolute Gasteiger partial charge is 0.342 e. The number of nitrogens with two attached hydrogens (primary N) is 1. The van der Waals surface area contributed by atoms with Gasteiger partial charge in [0.05, 0.1) is 0 Å². The first-order valence-electron chi connectivity index (χ1n) is 7.31. The standard InChI is InChI=1S/C17H28N2O/c1-13(12-18)19(5)16(20)11-8-14-6-9-15(10-7-14)17(2,3)4/h6-7,9-10,13H,8,11-12,18H2,1-5H3. The lowest BCUT2D eigenvalue weighted by Gasteiger charge is -2.23. The Balaban J connectivity index is 2.56. The summed E-state index contributed by atoms with van der Waals surface area (Å²) in [6, 6.07) is 8.67. The van der Waals surface area contributed by atoms with Gasteiger partial charge in [0.2, 0.25) is 5.91 Å². The molecule has 0 aliphatic heterocycles. The number of rotatable bonds is 5. The van der Waals surface area contributed by atoms with Crippen molar-refractivity contribution in [2.24, 2.45) is 5.73 Å². The fourth-order valence-electron chi connectivity index (χ4n) is 2.00. The van der Waals surface area contributed by atoms with Crippen LogP contribution in [0.25, 0.3) is 0 Å². The molecule has 0 heterocycles. The highest BCUT2D eigenvalue weighted by Crippen LogP contribution is 2.22. The van der Waals surface area contributed by atoms with Crippen LogP contribution in [0.3, 0.4) is 0 Å². The second-order valence-electron chi connectivity index (χ2n) is 6.54. The summed E-state index contributed by atoms with van der Waals surface area (Å²) in [5.41, 5.74) is 8.28. The summed E-state index contributed by atoms with van der Waals surface area (Å²) < 4.78 is 0. The van der Waals surface area contributed by atoms with E-state index in [-0.39, 0.29) is 17.4 Å². The van der Waals surface area contributed by atoms with Crippen molar-refractivity contribution in [2.45, 2.75) is 52.0 Å². The molecule has 0 spiro atoms. The highest BCUT2D eigenvalue weighted by molar-refractivity contribution is 5.76. The van der Waals surface area contributed by atoms with Crippen molar-refractivity contribution in [3.8, 4) is 0 Å². The number of hydrogen-bond acceptors (Lipinski definition) is 2. The maximum Gasteiger partial charge on any atom is 0.222 e. The minimum absolute atomic E-state index is 0.103. The van der Waals surface area contributed by atoms with Crippen molar-refractivity contribution in [3.63, 3.8) is 0 Å². The van der Waals surface area contributed by atoms with Gasteiger partial charge in [-0.1, -0.05) is 45.0 Å². The lowest BCUT2D eigenvalue weighted by molar-refractivity contribution is -0.131. The molecule has 1 aromatic carbocycles. The normalized spacial score (nSPS) is 13.1. The van der Waals surface area contributed by atoms with E-state index < -0.39 is 0 Å². The number of carbonyl (C=O) groups is 1. The number of carbonyl (C=O) groups excluding carboxylic acids is 1. The molecule has 1 amide bonds. The fraction of sp³-hybridized carbons (Fsp3) is 0.588. The maximum atomic E-state index is 12.0. The zero-order chi connectivity index (χ0) is 15.3. The van der Waals surface area contributed by atoms with Crippen LogP contribution in [-0.2, 0) is 16.6 Å². The summed E-state index contributed by atoms with van der Waals surface area (Å²) in [6.45, 7) is 9.08. The third-order valence-electron chi connectivity index (χ3n) is 3.84. The van der Waals surface area contributed by atoms with Crippen LogP contribution >= 0.6 is 0 Å². The lowest BCUT2D eigenvalue weighted by Crippen LogP contribution is -2.39. The zero-order valence-corrected chi connectivity index (χ0v) is 13.4. The highest BCUT2D eigenvalue weighted by Gasteiger charge is 2.15. The monoisotopic (exact) mass is 276 g/mol. The van der Waals surface area contributed by atoms with Gasteiger partial charge in [-0.15, -0.1) is 0 Å². The number of amides is 1. The van der Waals surface area contributed by atoms with Gasteiger partial charge in [-0.05, 0) is 29.9 Å². The third kappa shape index (κ3) is 4.64. The molecule has 0 aromatic heterocycles. The van der Waals surface area contributed by atoms with Gasteiger partial charge in [-0.3, -0.25) is 4.79 Å². The highest BCUT2D eigenvalue weighted by atomic mass is 16.2. The number of likely N-dealkylation sites (N-methyl/N-ethyl adjacent to an activating group) is 1. The van der Waals surface area contributed by atoms with E-state index in [1.807, 2.05) is 14.0 Å². The van der Waals surface area contributed by atoms with Gasteiger partial charge in [0.25, 0.3) is 0 Å². The van der Waals surface area contributed by atoms with Crippen LogP contribution in [0.15, 0.2) is 24.3 Å². The molecule has 0 bridgehead atoms. The Morgan fingerprint density at radius 2 is 1.80 bits per heavy atom. The van der Waals surface area contributed by atoms with Crippen LogP contribution in [0.1, 0.15) is 45.2 Å². The van der Waals surface area contributed by atoms with Gasteiger partial charge in [0, 0.05) is 26.1 Å². The van der Waals surface area contributed by atoms with Crippen molar-refractivity contribution < 1.29 is 4.79 Å². The van der Waals surface area contributed by atoms with E-state index in [1.54, 1.807) is 4.90 Å². The molecular formula is C17H28N2O. The summed E-state index contributed by atoms with van der Waals surface area (Å²) >= 11 is 0. The number of hydrogen-bond donors (Lipinski definition) is 1. The Labute approximate surface area is 123 Å². The molecule has 2 N–H and O–H groups in total. The van der Waals surface area contributed by atoms with Gasteiger partial charge in [-0.25, -0.2) is 0 Å². The van der Waals surface area contributed by atoms with Crippen molar-refractivity contribution in [3.05, 3.63) is 35.4 Å². The van der Waals surface area contributed by atoms with Crippen molar-refractivity contribution in [1.29, 1.82) is 0 Å². The second-order valence-corrected chi connectivity index (χ2v) is 6.54. The minimum Gasteiger partial charge on any atom is -0.342 e. The Morgan fingerprint density at radius 1 is 1.25 bits per heavy atom. The van der Waals surface area contributed by atoms with Crippen LogP contribution in [0.2, 0.25) is 0 Å². The van der Waals surface area contributed by atoms with Crippen LogP contribution in [0.5, 0.6) is 0 Å². The molecule has 20 heavy (non-hydrogen) atoms. The average Bonchev–Trinajstić information content (AvgIpc) is 2.42. The van der Waals surface area contributed by atoms with Gasteiger partial charge in [0.15, 0.2) is 0 Å². The second kappa shape index (κ2) is 6.89. The van der Waals surface area contributed by atoms with E-state index in [1.165, 1.54) is 11.1 Å². The first-order valence-corrected chi connectivity index (χ1v) is 7.31. The first-order chi connectivity index (χ1) is 9.25. The van der Waals surface area contributed by atoms with E-state index >= 15 is 0 Å². The van der Waals surface area contributed by atoms with Gasteiger partial charge < -0.3 is 10.6 Å². The summed E-state index contributed by atoms with van der Waals surface area (Å²) in [5.74, 6) is 0.155. The molecule has 0 aliphatic rings. The molecule has 0 saturated carbocycles. The fourth-order valence-corrected chi connectivity index (χ4v) is 2.00. The van der Waals surface area contributed by atoms with Crippen LogP contribution in [0, 0.1) is 0 Å². The Morgan fingerprint density at radius 3 is 2.25 bits per heavy atom. The Bertz CT molecular complexity index is 431. The zero-order valence-electron chi connectivity index (χ0n) is 13.4. The predicted octanol–water partition coefficient (Wildman–Crippen LogP) is 2.72. The van der Waals surface area contributed by atoms with Crippen LogP contribution in [0.4, 0.5) is 0 Å². The predicted molar refractivity (Wildman–Crippen MR) is 84.7 cm³/mol. The maximum absolute atomic E-state index is 12.0. The molecule has 0 radical (unpaired) electrons. The Hall–Kier alpha value is -1.35. The lowest BCUT2D eigenvalue weighted by atomic mass is 9.86. The molecule has 3 heteroatoms. The van der Waals surface area contributed by atoms with Gasteiger partial charge in [0.1, 0.15) is 0 Å². The van der Waals surface area contributed by atoms with Crippen molar-refractivity contribution >= 4 is 5.91 Å². The molecule has 0 fully saturated rings. The van der Waals surface area contributed by atoms with E-state index in [4.69, 9.17) is 5.73 Å². The molecule has 1 atom stereocenters. The molecular weight excluding hydrogens is 248 g/mol. The van der Waals surface area contributed by atoms with Crippen molar-refractivity contribution in [2.75, 3.05) is 13.6 Å². The summed E-state index contributed by atoms with van der Waals surface area (Å²) in [7, 11) is 1.82. The molecule has 112 valence electrons. The smallest absolute Gasteiger partial charge is 0.222 e. The van der Waals surface area contributed by atoms with Gasteiger partial charge in [-0.2, -0.15) is 0 Å². The molecule has 1 rings (SSSR count). The molecule has 0 aliphatic carbocycles. The van der Waals surface area contributed by atoms with E-state index in [9.17, 15) is 4.79 Å². The number of benzene rings is 1. The number of aryl methyl sites for hydroxylation is 1. The Kier molecular flexibility index (Phi) is 5.75. The summed E-state index contributed by atoms with van der Waals surface area (Å²) in [4.78, 5) is 13.8. The third-order valence-corrected chi connectivity index (χ3v) is 3.84. The van der Waals surface area contributed by atoms with E-state index in [2.05, 4.69) is 45.0 Å². The summed E-state index contributed by atoms with van der Waals surface area (Å²) in [6.07, 6.45) is 1.32. The molecule has 3 nitrogen and oxygen atoms in total. The van der Waals surface area contributed by atoms with Crippen LogP contribution < -0.4 is 5.73 Å². The first kappa shape index (κ1) is 16.7. The average molecular weight is 276 g/mol. The number of nitrogens with zero attached hydrogens (tertiary/aromatic N) is 1. The van der Waals surface area contributed by atoms with Gasteiger partial charge >= 0.3 is 0 Å². The topological polar surface area (TPSA) is 46.3 Å². The molecule has 0 saturated heterocycles. The summed E-state index contributed by atoms with van der Waals surface area (Å²) in [5, 5.41) is 0.